The number of benzene rings is 8. The van der Waals surface area contributed by atoms with Crippen LogP contribution in [-0.2, 0) is 0 Å². The van der Waals surface area contributed by atoms with Gasteiger partial charge in [0.15, 0.2) is 0 Å². The molecule has 0 saturated carbocycles. The van der Waals surface area contributed by atoms with Gasteiger partial charge in [-0.1, -0.05) is 125 Å². The second kappa shape index (κ2) is 11.3. The summed E-state index contributed by atoms with van der Waals surface area (Å²) in [6.07, 6.45) is 0. The summed E-state index contributed by atoms with van der Waals surface area (Å²) in [5.74, 6) is 0. The van der Waals surface area contributed by atoms with Crippen molar-refractivity contribution in [2.45, 2.75) is 0 Å². The second-order valence-electron chi connectivity index (χ2n) is 12.0. The van der Waals surface area contributed by atoms with Gasteiger partial charge in [0.2, 0.25) is 0 Å². The number of para-hydroxylation sites is 1. The van der Waals surface area contributed by atoms with E-state index >= 15 is 0 Å². The number of fused-ring (bicyclic) bond motifs is 6. The normalized spacial score (nSPS) is 11.5. The molecule has 0 unspecified atom stereocenters. The van der Waals surface area contributed by atoms with Gasteiger partial charge in [0.25, 0.3) is 0 Å². The van der Waals surface area contributed by atoms with Crippen LogP contribution in [-0.4, -0.2) is 4.57 Å². The molecule has 2 nitrogen and oxygen atoms in total. The summed E-state index contributed by atoms with van der Waals surface area (Å²) in [5, 5.41) is 7.44. The van der Waals surface area contributed by atoms with Gasteiger partial charge in [0, 0.05) is 43.4 Å². The maximum Gasteiger partial charge on any atom is 0.0619 e. The molecule has 222 valence electrons. The van der Waals surface area contributed by atoms with Crippen molar-refractivity contribution in [3.63, 3.8) is 0 Å². The van der Waals surface area contributed by atoms with Crippen LogP contribution >= 0.6 is 15.9 Å². The molecular formula is C44H29BrN2. The third-order valence-corrected chi connectivity index (χ3v) is 9.73. The van der Waals surface area contributed by atoms with Gasteiger partial charge in [-0.15, -0.1) is 0 Å². The van der Waals surface area contributed by atoms with Gasteiger partial charge < -0.3 is 9.47 Å². The van der Waals surface area contributed by atoms with Crippen LogP contribution < -0.4 is 4.90 Å². The van der Waals surface area contributed by atoms with E-state index in [1.54, 1.807) is 0 Å². The molecule has 1 aromatic heterocycles. The first-order chi connectivity index (χ1) is 23.2. The standard InChI is InChI=1S/C44H29BrN2/c45-35-20-14-31(15-21-35)32-16-22-37(23-17-32)46(36-11-2-1-3-12-36)39-25-27-43-42(29-39)41-26-19-33-9-6-7-13-40(33)44(41)47(43)38-24-18-30-8-4-5-10-34(30)28-38/h1-29H. The van der Waals surface area contributed by atoms with E-state index in [0.29, 0.717) is 0 Å². The summed E-state index contributed by atoms with van der Waals surface area (Å²) in [6, 6.07) is 63.6. The zero-order chi connectivity index (χ0) is 31.3. The van der Waals surface area contributed by atoms with Crippen LogP contribution in [0.1, 0.15) is 0 Å². The van der Waals surface area contributed by atoms with Crippen molar-refractivity contribution in [3.05, 3.63) is 180 Å². The fraction of sp³-hybridized carbons (Fsp3) is 0. The molecule has 0 saturated heterocycles. The Morgan fingerprint density at radius 2 is 1.02 bits per heavy atom. The van der Waals surface area contributed by atoms with Gasteiger partial charge in [0.1, 0.15) is 0 Å². The van der Waals surface area contributed by atoms with E-state index in [-0.39, 0.29) is 0 Å². The van der Waals surface area contributed by atoms with E-state index in [1.165, 1.54) is 54.5 Å². The van der Waals surface area contributed by atoms with Crippen molar-refractivity contribution in [3.8, 4) is 16.8 Å². The van der Waals surface area contributed by atoms with E-state index in [0.717, 1.165) is 27.2 Å². The molecule has 47 heavy (non-hydrogen) atoms. The zero-order valence-corrected chi connectivity index (χ0v) is 27.1. The van der Waals surface area contributed by atoms with Crippen molar-refractivity contribution in [2.75, 3.05) is 4.90 Å². The van der Waals surface area contributed by atoms with E-state index < -0.39 is 0 Å². The highest BCUT2D eigenvalue weighted by atomic mass is 79.9. The van der Waals surface area contributed by atoms with Crippen LogP contribution in [0.25, 0.3) is 60.2 Å². The molecule has 0 bridgehead atoms. The third kappa shape index (κ3) is 4.79. The molecule has 0 aliphatic heterocycles. The number of anilines is 3. The SMILES string of the molecule is Brc1ccc(-c2ccc(N(c3ccccc3)c3ccc4c(c3)c3ccc5ccccc5c3n4-c3ccc4ccccc4c3)cc2)cc1. The first kappa shape index (κ1) is 27.7. The lowest BCUT2D eigenvalue weighted by Crippen LogP contribution is -2.09. The van der Waals surface area contributed by atoms with Gasteiger partial charge in [-0.25, -0.2) is 0 Å². The molecule has 9 aromatic rings. The lowest BCUT2D eigenvalue weighted by Gasteiger charge is -2.26. The molecule has 9 rings (SSSR count). The predicted octanol–water partition coefficient (Wildman–Crippen LogP) is 13.0. The molecule has 8 aromatic carbocycles. The molecule has 1 heterocycles. The first-order valence-electron chi connectivity index (χ1n) is 15.9. The number of hydrogen-bond acceptors (Lipinski definition) is 1. The number of rotatable bonds is 5. The highest BCUT2D eigenvalue weighted by Gasteiger charge is 2.19. The number of nitrogens with zero attached hydrogens (tertiary/aromatic N) is 2. The third-order valence-electron chi connectivity index (χ3n) is 9.20. The molecule has 0 aliphatic rings. The minimum Gasteiger partial charge on any atom is -0.310 e. The van der Waals surface area contributed by atoms with E-state index in [2.05, 4.69) is 201 Å². The lowest BCUT2D eigenvalue weighted by atomic mass is 10.0. The molecule has 0 atom stereocenters. The summed E-state index contributed by atoms with van der Waals surface area (Å²) in [5.41, 5.74) is 9.31. The highest BCUT2D eigenvalue weighted by Crippen LogP contribution is 2.42. The van der Waals surface area contributed by atoms with E-state index in [1.807, 2.05) is 0 Å². The summed E-state index contributed by atoms with van der Waals surface area (Å²) in [7, 11) is 0. The quantitative estimate of drug-likeness (QED) is 0.178. The summed E-state index contributed by atoms with van der Waals surface area (Å²) in [6.45, 7) is 0. The monoisotopic (exact) mass is 664 g/mol. The Bertz CT molecular complexity index is 2570. The predicted molar refractivity (Wildman–Crippen MR) is 204 cm³/mol. The molecule has 0 radical (unpaired) electrons. The van der Waals surface area contributed by atoms with E-state index in [4.69, 9.17) is 0 Å². The van der Waals surface area contributed by atoms with Gasteiger partial charge in [-0.05, 0) is 94.0 Å². The molecule has 0 spiro atoms. The van der Waals surface area contributed by atoms with Crippen molar-refractivity contribution < 1.29 is 0 Å². The van der Waals surface area contributed by atoms with Crippen LogP contribution in [0, 0.1) is 0 Å². The second-order valence-corrected chi connectivity index (χ2v) is 12.9. The number of aromatic nitrogens is 1. The fourth-order valence-electron chi connectivity index (χ4n) is 6.96. The topological polar surface area (TPSA) is 8.17 Å². The van der Waals surface area contributed by atoms with Crippen molar-refractivity contribution in [1.82, 2.24) is 4.57 Å². The number of halogens is 1. The Morgan fingerprint density at radius 3 is 1.81 bits per heavy atom. The van der Waals surface area contributed by atoms with Gasteiger partial charge in [-0.3, -0.25) is 0 Å². The average molecular weight is 666 g/mol. The van der Waals surface area contributed by atoms with Crippen LogP contribution in [0.3, 0.4) is 0 Å². The van der Waals surface area contributed by atoms with Crippen LogP contribution in [0.4, 0.5) is 17.1 Å². The molecule has 3 heteroatoms. The Morgan fingerprint density at radius 1 is 0.404 bits per heavy atom. The molecule has 0 aliphatic carbocycles. The minimum absolute atomic E-state index is 1.08. The fourth-order valence-corrected chi connectivity index (χ4v) is 7.23. The molecule has 0 fully saturated rings. The Labute approximate surface area is 281 Å². The Kier molecular flexibility index (Phi) is 6.65. The van der Waals surface area contributed by atoms with Gasteiger partial charge >= 0.3 is 0 Å². The van der Waals surface area contributed by atoms with Gasteiger partial charge in [0.05, 0.1) is 11.0 Å². The summed E-state index contributed by atoms with van der Waals surface area (Å²) < 4.78 is 3.53. The van der Waals surface area contributed by atoms with Crippen LogP contribution in [0.15, 0.2) is 180 Å². The average Bonchev–Trinajstić information content (AvgIpc) is 3.47. The maximum absolute atomic E-state index is 3.56. The Hall–Kier alpha value is -5.64. The van der Waals surface area contributed by atoms with E-state index in [9.17, 15) is 0 Å². The van der Waals surface area contributed by atoms with Crippen molar-refractivity contribution in [1.29, 1.82) is 0 Å². The molecule has 0 N–H and O–H groups in total. The van der Waals surface area contributed by atoms with Crippen LogP contribution in [0.2, 0.25) is 0 Å². The lowest BCUT2D eigenvalue weighted by molar-refractivity contribution is 1.19. The highest BCUT2D eigenvalue weighted by molar-refractivity contribution is 9.10. The van der Waals surface area contributed by atoms with Crippen LogP contribution in [0.5, 0.6) is 0 Å². The summed E-state index contributed by atoms with van der Waals surface area (Å²) in [4.78, 5) is 2.35. The molecular weight excluding hydrogens is 636 g/mol. The van der Waals surface area contributed by atoms with Gasteiger partial charge in [-0.2, -0.15) is 0 Å². The van der Waals surface area contributed by atoms with Crippen molar-refractivity contribution >= 4 is 76.3 Å². The number of hydrogen-bond donors (Lipinski definition) is 0. The first-order valence-corrected chi connectivity index (χ1v) is 16.7. The zero-order valence-electron chi connectivity index (χ0n) is 25.5. The smallest absolute Gasteiger partial charge is 0.0619 e. The Balaban J connectivity index is 1.26. The maximum atomic E-state index is 3.56. The minimum atomic E-state index is 1.08. The largest absolute Gasteiger partial charge is 0.310 e. The molecule has 0 amide bonds. The summed E-state index contributed by atoms with van der Waals surface area (Å²) >= 11 is 3.56. The van der Waals surface area contributed by atoms with Crippen molar-refractivity contribution in [2.24, 2.45) is 0 Å².